The van der Waals surface area contributed by atoms with E-state index in [1.807, 2.05) is 24.3 Å². The van der Waals surface area contributed by atoms with E-state index >= 15 is 0 Å². The maximum Gasteiger partial charge on any atom is 0.256 e. The first-order valence-electron chi connectivity index (χ1n) is 12.6. The third kappa shape index (κ3) is 5.74. The monoisotopic (exact) mass is 562 g/mol. The molecule has 2 aliphatic rings. The first kappa shape index (κ1) is 26.6. The molecule has 2 fully saturated rings. The van der Waals surface area contributed by atoms with Gasteiger partial charge in [0.15, 0.2) is 5.11 Å². The molecule has 10 heteroatoms. The van der Waals surface area contributed by atoms with E-state index in [9.17, 15) is 14.4 Å². The van der Waals surface area contributed by atoms with Gasteiger partial charge in [-0.1, -0.05) is 23.7 Å². The normalized spacial score (nSPS) is 17.2. The van der Waals surface area contributed by atoms with Crippen molar-refractivity contribution in [2.45, 2.75) is 31.8 Å². The zero-order valence-corrected chi connectivity index (χ0v) is 22.9. The van der Waals surface area contributed by atoms with Crippen LogP contribution in [0.2, 0.25) is 5.02 Å². The summed E-state index contributed by atoms with van der Waals surface area (Å²) < 4.78 is 5.24. The van der Waals surface area contributed by atoms with Crippen LogP contribution in [0.3, 0.4) is 0 Å². The van der Waals surface area contributed by atoms with Crippen molar-refractivity contribution in [3.05, 3.63) is 83.4 Å². The summed E-state index contributed by atoms with van der Waals surface area (Å²) in [7, 11) is 1.57. The second kappa shape index (κ2) is 11.4. The highest BCUT2D eigenvalue weighted by Crippen LogP contribution is 2.31. The lowest BCUT2D eigenvalue weighted by molar-refractivity contribution is -0.124. The molecule has 1 atom stereocenters. The quantitative estimate of drug-likeness (QED) is 0.389. The lowest BCUT2D eigenvalue weighted by Crippen LogP contribution is -2.37. The van der Waals surface area contributed by atoms with E-state index < -0.39 is 6.04 Å². The molecule has 1 N–H and O–H groups in total. The van der Waals surface area contributed by atoms with E-state index in [4.69, 9.17) is 28.6 Å². The number of halogens is 1. The highest BCUT2D eigenvalue weighted by atomic mass is 35.5. The van der Waals surface area contributed by atoms with Crippen molar-refractivity contribution < 1.29 is 19.1 Å². The van der Waals surface area contributed by atoms with Gasteiger partial charge in [-0.05, 0) is 84.9 Å². The minimum atomic E-state index is -0.799. The van der Waals surface area contributed by atoms with Gasteiger partial charge in [0, 0.05) is 35.9 Å². The number of carbonyl (C=O) groups excluding carboxylic acids is 3. The summed E-state index contributed by atoms with van der Waals surface area (Å²) in [6, 6.07) is 20.7. The Morgan fingerprint density at radius 2 is 1.67 bits per heavy atom. The van der Waals surface area contributed by atoms with Crippen molar-refractivity contribution in [3.63, 3.8) is 0 Å². The molecule has 2 heterocycles. The predicted molar refractivity (Wildman–Crippen MR) is 155 cm³/mol. The molecule has 200 valence electrons. The summed E-state index contributed by atoms with van der Waals surface area (Å²) >= 11 is 11.7. The first-order chi connectivity index (χ1) is 18.8. The highest BCUT2D eigenvalue weighted by Gasteiger charge is 2.44. The Hall–Kier alpha value is -3.95. The van der Waals surface area contributed by atoms with E-state index in [0.717, 1.165) is 17.7 Å². The maximum atomic E-state index is 13.7. The van der Waals surface area contributed by atoms with E-state index in [1.54, 1.807) is 65.4 Å². The number of nitrogens with zero attached hydrogens (tertiary/aromatic N) is 3. The molecule has 2 saturated heterocycles. The number of benzene rings is 3. The van der Waals surface area contributed by atoms with Crippen LogP contribution in [0.15, 0.2) is 72.8 Å². The average molecular weight is 563 g/mol. The standard InChI is InChI=1S/C29H27ClN4O4S/c1-38-24-14-12-23(13-15-24)34-28(37)25(17-26(35)31-21-8-6-20(30)7-9-21)33(29(34)39)18-19-4-10-22(11-5-19)32-16-2-3-27(32)36/h4-15,25H,2-3,16-18H2,1H3,(H,31,35). The minimum Gasteiger partial charge on any atom is -0.497 e. The summed E-state index contributed by atoms with van der Waals surface area (Å²) in [5.41, 5.74) is 2.93. The Labute approximate surface area is 237 Å². The molecule has 0 radical (unpaired) electrons. The Morgan fingerprint density at radius 1 is 1.00 bits per heavy atom. The summed E-state index contributed by atoms with van der Waals surface area (Å²) in [6.45, 7) is 1.04. The molecule has 8 nitrogen and oxygen atoms in total. The van der Waals surface area contributed by atoms with Gasteiger partial charge in [0.1, 0.15) is 11.8 Å². The number of amides is 3. The van der Waals surface area contributed by atoms with Crippen LogP contribution in [0.1, 0.15) is 24.8 Å². The van der Waals surface area contributed by atoms with E-state index in [1.165, 1.54) is 4.90 Å². The van der Waals surface area contributed by atoms with Gasteiger partial charge in [0.05, 0.1) is 19.2 Å². The van der Waals surface area contributed by atoms with E-state index in [0.29, 0.717) is 46.8 Å². The van der Waals surface area contributed by atoms with E-state index in [-0.39, 0.29) is 24.1 Å². The lowest BCUT2D eigenvalue weighted by Gasteiger charge is -2.24. The first-order valence-corrected chi connectivity index (χ1v) is 13.4. The summed E-state index contributed by atoms with van der Waals surface area (Å²) in [4.78, 5) is 43.9. The minimum absolute atomic E-state index is 0.0887. The molecule has 0 aliphatic carbocycles. The Morgan fingerprint density at radius 3 is 2.28 bits per heavy atom. The van der Waals surface area contributed by atoms with Gasteiger partial charge in [-0.25, -0.2) is 0 Å². The lowest BCUT2D eigenvalue weighted by atomic mass is 10.1. The zero-order valence-electron chi connectivity index (χ0n) is 21.3. The molecule has 3 aromatic carbocycles. The van der Waals surface area contributed by atoms with Crippen molar-refractivity contribution in [2.75, 3.05) is 28.8 Å². The van der Waals surface area contributed by atoms with Gasteiger partial charge in [0.2, 0.25) is 11.8 Å². The SMILES string of the molecule is COc1ccc(N2C(=O)C(CC(=O)Nc3ccc(Cl)cc3)N(Cc3ccc(N4CCCC4=O)cc3)C2=S)cc1. The van der Waals surface area contributed by atoms with Crippen LogP contribution in [0.25, 0.3) is 0 Å². The van der Waals surface area contributed by atoms with Crippen LogP contribution in [0, 0.1) is 0 Å². The second-order valence-electron chi connectivity index (χ2n) is 9.37. The van der Waals surface area contributed by atoms with Crippen LogP contribution < -0.4 is 19.9 Å². The molecule has 0 spiro atoms. The molecule has 0 saturated carbocycles. The number of anilines is 3. The molecule has 1 unspecified atom stereocenters. The molecular weight excluding hydrogens is 536 g/mol. The fraction of sp³-hybridized carbons (Fsp3) is 0.241. The summed E-state index contributed by atoms with van der Waals surface area (Å²) in [5.74, 6) is 0.179. The number of hydrogen-bond donors (Lipinski definition) is 1. The van der Waals surface area contributed by atoms with Crippen molar-refractivity contribution in [3.8, 4) is 5.75 Å². The topological polar surface area (TPSA) is 82.2 Å². The molecular formula is C29H27ClN4O4S. The van der Waals surface area contributed by atoms with Crippen LogP contribution in [-0.2, 0) is 20.9 Å². The van der Waals surface area contributed by atoms with Gasteiger partial charge in [-0.2, -0.15) is 0 Å². The fourth-order valence-corrected chi connectivity index (χ4v) is 5.32. The Kier molecular flexibility index (Phi) is 7.81. The maximum absolute atomic E-state index is 13.7. The van der Waals surface area contributed by atoms with Crippen molar-refractivity contribution >= 4 is 63.7 Å². The highest BCUT2D eigenvalue weighted by molar-refractivity contribution is 7.80. The average Bonchev–Trinajstić information content (AvgIpc) is 3.46. The second-order valence-corrected chi connectivity index (χ2v) is 10.2. The number of methoxy groups -OCH3 is 1. The number of ether oxygens (including phenoxy) is 1. The molecule has 39 heavy (non-hydrogen) atoms. The number of rotatable bonds is 8. The van der Waals surface area contributed by atoms with Crippen molar-refractivity contribution in [1.82, 2.24) is 4.90 Å². The smallest absolute Gasteiger partial charge is 0.256 e. The van der Waals surface area contributed by atoms with Crippen LogP contribution in [-0.4, -0.2) is 47.4 Å². The molecule has 3 aromatic rings. The molecule has 0 bridgehead atoms. The molecule has 0 aromatic heterocycles. The molecule has 3 amide bonds. The van der Waals surface area contributed by atoms with Crippen LogP contribution >= 0.6 is 23.8 Å². The van der Waals surface area contributed by atoms with Gasteiger partial charge >= 0.3 is 0 Å². The van der Waals surface area contributed by atoms with E-state index in [2.05, 4.69) is 5.32 Å². The fourth-order valence-electron chi connectivity index (χ4n) is 4.80. The third-order valence-corrected chi connectivity index (χ3v) is 7.50. The Bertz CT molecular complexity index is 1400. The van der Waals surface area contributed by atoms with Crippen molar-refractivity contribution in [1.29, 1.82) is 0 Å². The predicted octanol–water partition coefficient (Wildman–Crippen LogP) is 5.01. The Balaban J connectivity index is 1.38. The van der Waals surface area contributed by atoms with Crippen molar-refractivity contribution in [2.24, 2.45) is 0 Å². The number of hydrogen-bond acceptors (Lipinski definition) is 5. The largest absolute Gasteiger partial charge is 0.497 e. The zero-order chi connectivity index (χ0) is 27.5. The van der Waals surface area contributed by atoms with Gasteiger partial charge in [-0.15, -0.1) is 0 Å². The summed E-state index contributed by atoms with van der Waals surface area (Å²) in [5, 5.41) is 3.71. The third-order valence-electron chi connectivity index (χ3n) is 6.83. The summed E-state index contributed by atoms with van der Waals surface area (Å²) in [6.07, 6.45) is 1.33. The van der Waals surface area contributed by atoms with Gasteiger partial charge in [0.25, 0.3) is 5.91 Å². The number of thiocarbonyl (C=S) groups is 1. The molecule has 2 aliphatic heterocycles. The number of nitrogens with one attached hydrogen (secondary N) is 1. The van der Waals surface area contributed by atoms with Gasteiger partial charge in [-0.3, -0.25) is 19.3 Å². The molecule has 5 rings (SSSR count). The van der Waals surface area contributed by atoms with Crippen LogP contribution in [0.5, 0.6) is 5.75 Å². The van der Waals surface area contributed by atoms with Gasteiger partial charge < -0.3 is 19.9 Å². The van der Waals surface area contributed by atoms with Crippen LogP contribution in [0.4, 0.5) is 17.1 Å². The number of carbonyl (C=O) groups is 3.